The van der Waals surface area contributed by atoms with Crippen LogP contribution < -0.4 is 4.84 Å². The van der Waals surface area contributed by atoms with E-state index in [1.807, 2.05) is 0 Å². The van der Waals surface area contributed by atoms with E-state index in [4.69, 9.17) is 4.84 Å². The fourth-order valence-corrected chi connectivity index (χ4v) is 5.71. The molecule has 206 valence electrons. The van der Waals surface area contributed by atoms with Crippen molar-refractivity contribution in [2.75, 3.05) is 6.54 Å². The maximum atomic E-state index is 13.3. The van der Waals surface area contributed by atoms with Gasteiger partial charge in [-0.15, -0.1) is 4.73 Å². The Bertz CT molecular complexity index is 1100. The van der Waals surface area contributed by atoms with Crippen LogP contribution in [0.15, 0.2) is 23.1 Å². The van der Waals surface area contributed by atoms with Crippen molar-refractivity contribution >= 4 is 27.9 Å². The predicted molar refractivity (Wildman–Crippen MR) is 132 cm³/mol. The van der Waals surface area contributed by atoms with E-state index in [9.17, 15) is 37.6 Å². The van der Waals surface area contributed by atoms with E-state index in [2.05, 4.69) is 0 Å². The van der Waals surface area contributed by atoms with Gasteiger partial charge in [-0.1, -0.05) is 64.2 Å². The van der Waals surface area contributed by atoms with Crippen molar-refractivity contribution in [1.82, 2.24) is 9.63 Å². The minimum absolute atomic E-state index is 0.253. The number of carbonyl (C=O) groups excluding carboxylic acids is 3. The van der Waals surface area contributed by atoms with Crippen LogP contribution in [0, 0.1) is 5.41 Å². The first-order chi connectivity index (χ1) is 17.5. The molecular weight excluding hydrogens is 504 g/mol. The molecule has 12 heteroatoms. The number of aromatic nitrogens is 1. The summed E-state index contributed by atoms with van der Waals surface area (Å²) < 4.78 is 32.3. The van der Waals surface area contributed by atoms with Crippen LogP contribution in [0.5, 0.6) is 11.8 Å². The van der Waals surface area contributed by atoms with Gasteiger partial charge in [0.2, 0.25) is 5.88 Å². The van der Waals surface area contributed by atoms with E-state index in [1.54, 1.807) is 0 Å². The summed E-state index contributed by atoms with van der Waals surface area (Å²) in [4.78, 5) is 42.0. The number of hydrogen-bond donors (Lipinski definition) is 3. The lowest BCUT2D eigenvalue weighted by molar-refractivity contribution is -0.159. The molecule has 11 nitrogen and oxygen atoms in total. The van der Waals surface area contributed by atoms with Gasteiger partial charge in [0.25, 0.3) is 27.8 Å². The topological polar surface area (TPSA) is 163 Å². The molecule has 0 atom stereocenters. The molecule has 0 spiro atoms. The zero-order valence-electron chi connectivity index (χ0n) is 20.9. The molecule has 2 amide bonds. The van der Waals surface area contributed by atoms with Crippen molar-refractivity contribution in [2.24, 2.45) is 5.41 Å². The van der Waals surface area contributed by atoms with Crippen molar-refractivity contribution < 1.29 is 42.4 Å². The third kappa shape index (κ3) is 7.35. The standard InChI is InChI=1S/C25H36N2O9S/c28-20-12-13-21(29)26(20)17-11-7-3-1-2-4-8-14-25(15-9-5-6-10-16-25)24(32)36-27-22(30)18-19(23(27)31)37(33,34)35/h12-13,18,30-31H,1-11,14-17H2,(H,33,34,35). The first kappa shape index (κ1) is 28.7. The fourth-order valence-electron chi connectivity index (χ4n) is 5.14. The fraction of sp³-hybridized carbons (Fsp3) is 0.640. The Balaban J connectivity index is 1.47. The summed E-state index contributed by atoms with van der Waals surface area (Å²) in [7, 11) is -4.81. The first-order valence-corrected chi connectivity index (χ1v) is 14.4. The normalized spacial score (nSPS) is 17.8. The molecule has 3 N–H and O–H groups in total. The van der Waals surface area contributed by atoms with Crippen molar-refractivity contribution in [3.05, 3.63) is 18.2 Å². The Labute approximate surface area is 216 Å². The number of hydrogen-bond acceptors (Lipinski definition) is 8. The molecule has 1 fully saturated rings. The summed E-state index contributed by atoms with van der Waals surface area (Å²) in [6, 6.07) is 0.621. The van der Waals surface area contributed by atoms with Crippen molar-refractivity contribution in [1.29, 1.82) is 0 Å². The molecule has 0 saturated heterocycles. The van der Waals surface area contributed by atoms with Crippen LogP contribution in [-0.4, -0.2) is 57.1 Å². The number of rotatable bonds is 13. The molecule has 1 aliphatic heterocycles. The minimum atomic E-state index is -4.81. The summed E-state index contributed by atoms with van der Waals surface area (Å²) in [5.74, 6) is -3.02. The van der Waals surface area contributed by atoms with Gasteiger partial charge < -0.3 is 15.1 Å². The molecule has 1 aromatic heterocycles. The highest BCUT2D eigenvalue weighted by molar-refractivity contribution is 7.86. The quantitative estimate of drug-likeness (QED) is 0.147. The minimum Gasteiger partial charge on any atom is -0.492 e. The lowest BCUT2D eigenvalue weighted by Crippen LogP contribution is -2.38. The Morgan fingerprint density at radius 3 is 1.97 bits per heavy atom. The Morgan fingerprint density at radius 1 is 0.892 bits per heavy atom. The lowest BCUT2D eigenvalue weighted by atomic mass is 9.76. The number of imide groups is 1. The van der Waals surface area contributed by atoms with Gasteiger partial charge in [0, 0.05) is 24.8 Å². The van der Waals surface area contributed by atoms with Gasteiger partial charge in [-0.05, 0) is 25.7 Å². The van der Waals surface area contributed by atoms with Crippen LogP contribution in [0.4, 0.5) is 0 Å². The maximum Gasteiger partial charge on any atom is 0.339 e. The summed E-state index contributed by atoms with van der Waals surface area (Å²) in [5, 5.41) is 20.1. The molecule has 2 aliphatic rings. The zero-order valence-corrected chi connectivity index (χ0v) is 21.7. The summed E-state index contributed by atoms with van der Waals surface area (Å²) in [6.07, 6.45) is 14.4. The molecule has 0 aromatic carbocycles. The molecule has 0 radical (unpaired) electrons. The predicted octanol–water partition coefficient (Wildman–Crippen LogP) is 3.49. The molecule has 1 aromatic rings. The summed E-state index contributed by atoms with van der Waals surface area (Å²) >= 11 is 0. The van der Waals surface area contributed by atoms with Crippen LogP contribution in [0.25, 0.3) is 0 Å². The van der Waals surface area contributed by atoms with Crippen molar-refractivity contribution in [2.45, 2.75) is 94.8 Å². The summed E-state index contributed by atoms with van der Waals surface area (Å²) in [5.41, 5.74) is -0.805. The second-order valence-corrected chi connectivity index (χ2v) is 11.3. The summed E-state index contributed by atoms with van der Waals surface area (Å²) in [6.45, 7) is 0.438. The molecular formula is C25H36N2O9S. The molecule has 0 unspecified atom stereocenters. The van der Waals surface area contributed by atoms with Crippen LogP contribution >= 0.6 is 0 Å². The SMILES string of the molecule is O=C1C=CC(=O)N1CCCCCCCCCC1(C(=O)On2c(O)cc(S(=O)(=O)O)c2O)CCCCCC1. The second kappa shape index (κ2) is 12.6. The molecule has 3 rings (SSSR count). The van der Waals surface area contributed by atoms with E-state index in [-0.39, 0.29) is 11.8 Å². The highest BCUT2D eigenvalue weighted by atomic mass is 32.2. The van der Waals surface area contributed by atoms with Gasteiger partial charge in [-0.3, -0.25) is 19.0 Å². The number of amides is 2. The van der Waals surface area contributed by atoms with E-state index in [0.29, 0.717) is 36.6 Å². The number of unbranched alkanes of at least 4 members (excludes halogenated alkanes) is 6. The van der Waals surface area contributed by atoms with Gasteiger partial charge in [0.1, 0.15) is 0 Å². The second-order valence-electron chi connectivity index (χ2n) is 9.92. The van der Waals surface area contributed by atoms with Crippen LogP contribution in [0.3, 0.4) is 0 Å². The zero-order chi connectivity index (χ0) is 27.1. The highest BCUT2D eigenvalue weighted by Gasteiger charge is 2.41. The van der Waals surface area contributed by atoms with Crippen LogP contribution in [0.1, 0.15) is 89.9 Å². The molecule has 1 aliphatic carbocycles. The number of carbonyl (C=O) groups is 3. The van der Waals surface area contributed by atoms with Crippen LogP contribution in [-0.2, 0) is 24.5 Å². The Kier molecular flexibility index (Phi) is 9.77. The molecule has 2 heterocycles. The van der Waals surface area contributed by atoms with Gasteiger partial charge in [0.15, 0.2) is 4.90 Å². The highest BCUT2D eigenvalue weighted by Crippen LogP contribution is 2.41. The Hall–Kier alpha value is -2.86. The van der Waals surface area contributed by atoms with Crippen LogP contribution in [0.2, 0.25) is 0 Å². The van der Waals surface area contributed by atoms with E-state index < -0.39 is 38.2 Å². The number of nitrogens with zero attached hydrogens (tertiary/aromatic N) is 2. The molecule has 1 saturated carbocycles. The number of aromatic hydroxyl groups is 2. The van der Waals surface area contributed by atoms with E-state index in [0.717, 1.165) is 70.6 Å². The van der Waals surface area contributed by atoms with Gasteiger partial charge in [-0.25, -0.2) is 4.79 Å². The average molecular weight is 541 g/mol. The van der Waals surface area contributed by atoms with Crippen molar-refractivity contribution in [3.8, 4) is 11.8 Å². The lowest BCUT2D eigenvalue weighted by Gasteiger charge is -2.30. The van der Waals surface area contributed by atoms with Gasteiger partial charge in [0.05, 0.1) is 5.41 Å². The maximum absolute atomic E-state index is 13.3. The smallest absolute Gasteiger partial charge is 0.339 e. The third-order valence-electron chi connectivity index (χ3n) is 7.26. The van der Waals surface area contributed by atoms with Crippen molar-refractivity contribution in [3.63, 3.8) is 0 Å². The van der Waals surface area contributed by atoms with E-state index in [1.165, 1.54) is 17.1 Å². The van der Waals surface area contributed by atoms with Gasteiger partial charge in [-0.2, -0.15) is 8.42 Å². The van der Waals surface area contributed by atoms with E-state index >= 15 is 0 Å². The largest absolute Gasteiger partial charge is 0.492 e. The first-order valence-electron chi connectivity index (χ1n) is 12.9. The third-order valence-corrected chi connectivity index (χ3v) is 8.12. The average Bonchev–Trinajstić information content (AvgIpc) is 3.19. The monoisotopic (exact) mass is 540 g/mol. The molecule has 0 bridgehead atoms. The van der Waals surface area contributed by atoms with Gasteiger partial charge >= 0.3 is 5.97 Å². The molecule has 37 heavy (non-hydrogen) atoms. The Morgan fingerprint density at radius 2 is 1.43 bits per heavy atom.